The molecule has 1 atom stereocenters. The largest absolute Gasteiger partial charge is 0.467 e. The fourth-order valence-electron chi connectivity index (χ4n) is 3.50. The summed E-state index contributed by atoms with van der Waals surface area (Å²) in [5, 5.41) is 2.85. The molecule has 0 aliphatic rings. The van der Waals surface area contributed by atoms with Crippen LogP contribution >= 0.6 is 11.8 Å². The van der Waals surface area contributed by atoms with Gasteiger partial charge >= 0.3 is 5.97 Å². The topological polar surface area (TPSA) is 73.2 Å². The van der Waals surface area contributed by atoms with Crippen molar-refractivity contribution in [2.75, 3.05) is 19.1 Å². The summed E-state index contributed by atoms with van der Waals surface area (Å²) in [6.07, 6.45) is 9.61. The number of ether oxygens (including phenoxy) is 1. The Hall–Kier alpha value is -3.39. The minimum absolute atomic E-state index is 0.306. The number of halogens is 1. The lowest BCUT2D eigenvalue weighted by Crippen LogP contribution is -2.53. The molecule has 1 amide bonds. The van der Waals surface area contributed by atoms with Gasteiger partial charge < -0.3 is 14.6 Å². The third-order valence-corrected chi connectivity index (χ3v) is 6.06. The van der Waals surface area contributed by atoms with Crippen molar-refractivity contribution in [1.82, 2.24) is 14.9 Å². The molecule has 3 rings (SSSR count). The lowest BCUT2D eigenvalue weighted by Gasteiger charge is -2.27. The predicted molar refractivity (Wildman–Crippen MR) is 134 cm³/mol. The molecule has 1 N–H and O–H groups in total. The van der Waals surface area contributed by atoms with Crippen molar-refractivity contribution in [2.45, 2.75) is 25.4 Å². The fraction of sp³-hybridized carbons (Fsp3) is 0.269. The van der Waals surface area contributed by atoms with E-state index in [4.69, 9.17) is 4.74 Å². The van der Waals surface area contributed by atoms with Gasteiger partial charge in [0.15, 0.2) is 0 Å². The first kappa shape index (κ1) is 25.2. The summed E-state index contributed by atoms with van der Waals surface area (Å²) in [6, 6.07) is 13.4. The van der Waals surface area contributed by atoms with Gasteiger partial charge in [0.1, 0.15) is 11.4 Å². The number of aromatic nitrogens is 2. The lowest BCUT2D eigenvalue weighted by atomic mass is 9.97. The maximum absolute atomic E-state index is 13.5. The minimum Gasteiger partial charge on any atom is -0.467 e. The molecule has 0 saturated carbocycles. The van der Waals surface area contributed by atoms with Crippen LogP contribution in [0.1, 0.15) is 34.8 Å². The number of allylic oxidation sites excluding steroid dienone is 1. The van der Waals surface area contributed by atoms with E-state index in [2.05, 4.69) is 10.3 Å². The van der Waals surface area contributed by atoms with Crippen molar-refractivity contribution in [3.05, 3.63) is 89.8 Å². The molecule has 178 valence electrons. The summed E-state index contributed by atoms with van der Waals surface area (Å²) in [5.41, 5.74) is 1.89. The highest BCUT2D eigenvalue weighted by atomic mass is 32.2. The van der Waals surface area contributed by atoms with E-state index in [-0.39, 0.29) is 11.7 Å². The average molecular weight is 482 g/mol. The van der Waals surface area contributed by atoms with Crippen LogP contribution in [0.4, 0.5) is 4.39 Å². The Balaban J connectivity index is 1.90. The van der Waals surface area contributed by atoms with E-state index in [0.29, 0.717) is 24.3 Å². The van der Waals surface area contributed by atoms with Gasteiger partial charge in [0.05, 0.1) is 13.4 Å². The second kappa shape index (κ2) is 11.7. The predicted octanol–water partition coefficient (Wildman–Crippen LogP) is 4.68. The first-order valence-electron chi connectivity index (χ1n) is 10.8. The van der Waals surface area contributed by atoms with Crippen LogP contribution in [0.2, 0.25) is 0 Å². The Labute approximate surface area is 203 Å². The molecular weight excluding hydrogens is 453 g/mol. The Morgan fingerprint density at radius 1 is 1.21 bits per heavy atom. The Bertz CT molecular complexity index is 1150. The molecule has 3 aromatic rings. The Kier molecular flexibility index (Phi) is 8.65. The van der Waals surface area contributed by atoms with E-state index < -0.39 is 11.5 Å². The van der Waals surface area contributed by atoms with Gasteiger partial charge in [0.2, 0.25) is 0 Å². The number of hydrogen-bond acceptors (Lipinski definition) is 5. The van der Waals surface area contributed by atoms with Gasteiger partial charge in [-0.05, 0) is 72.4 Å². The number of thioether (sulfide) groups is 1. The van der Waals surface area contributed by atoms with Gasteiger partial charge in [0.25, 0.3) is 5.91 Å². The van der Waals surface area contributed by atoms with E-state index >= 15 is 0 Å². The van der Waals surface area contributed by atoms with Crippen LogP contribution in [-0.2, 0) is 16.1 Å². The molecule has 0 aliphatic heterocycles. The quantitative estimate of drug-likeness (QED) is 0.336. The second-order valence-corrected chi connectivity index (χ2v) is 9.04. The highest BCUT2D eigenvalue weighted by Crippen LogP contribution is 2.22. The SMILES string of the molecule is COC(=O)C(C)(CCSC)NC(=O)c1cccc(/C=C(/Cn2ccnc2)c2ccc(F)cc2)c1. The van der Waals surface area contributed by atoms with Crippen LogP contribution in [0, 0.1) is 5.82 Å². The van der Waals surface area contributed by atoms with Crippen molar-refractivity contribution < 1.29 is 18.7 Å². The number of benzene rings is 2. The number of imidazole rings is 1. The number of carbonyl (C=O) groups excluding carboxylic acids is 2. The Morgan fingerprint density at radius 3 is 2.62 bits per heavy atom. The van der Waals surface area contributed by atoms with E-state index in [0.717, 1.165) is 16.7 Å². The van der Waals surface area contributed by atoms with Gasteiger partial charge in [0, 0.05) is 24.5 Å². The number of rotatable bonds is 10. The van der Waals surface area contributed by atoms with Gasteiger partial charge in [-0.25, -0.2) is 14.2 Å². The molecule has 8 heteroatoms. The first-order valence-corrected chi connectivity index (χ1v) is 12.2. The van der Waals surface area contributed by atoms with Crippen LogP contribution in [0.25, 0.3) is 11.6 Å². The standard InChI is InChI=1S/C26H28FN3O3S/c1-26(11-14-34-3,25(32)33-2)29-24(31)21-6-4-5-19(15-21)16-22(17-30-13-12-28-18-30)20-7-9-23(27)10-8-20/h4-10,12-13,15-16,18H,11,14,17H2,1-3H3,(H,29,31)/b22-16-. The molecule has 0 bridgehead atoms. The zero-order valence-corrected chi connectivity index (χ0v) is 20.3. The van der Waals surface area contributed by atoms with Gasteiger partial charge in [-0.2, -0.15) is 11.8 Å². The van der Waals surface area contributed by atoms with Gasteiger partial charge in [-0.1, -0.05) is 24.3 Å². The van der Waals surface area contributed by atoms with Crippen molar-refractivity contribution in [1.29, 1.82) is 0 Å². The molecule has 6 nitrogen and oxygen atoms in total. The van der Waals surface area contributed by atoms with E-state index in [1.54, 1.807) is 61.5 Å². The monoisotopic (exact) mass is 481 g/mol. The Morgan fingerprint density at radius 2 is 1.97 bits per heavy atom. The maximum Gasteiger partial charge on any atom is 0.331 e. The van der Waals surface area contributed by atoms with E-state index in [1.165, 1.54) is 19.2 Å². The van der Waals surface area contributed by atoms with Crippen LogP contribution in [0.15, 0.2) is 67.3 Å². The summed E-state index contributed by atoms with van der Waals surface area (Å²) in [7, 11) is 1.31. The van der Waals surface area contributed by atoms with Crippen molar-refractivity contribution >= 4 is 35.3 Å². The summed E-state index contributed by atoms with van der Waals surface area (Å²) < 4.78 is 20.3. The van der Waals surface area contributed by atoms with Gasteiger partial charge in [-0.15, -0.1) is 0 Å². The normalized spacial score (nSPS) is 13.2. The molecule has 0 fully saturated rings. The molecule has 34 heavy (non-hydrogen) atoms. The third kappa shape index (κ3) is 6.57. The van der Waals surface area contributed by atoms with Crippen LogP contribution in [-0.4, -0.2) is 46.1 Å². The highest BCUT2D eigenvalue weighted by Gasteiger charge is 2.35. The maximum atomic E-state index is 13.5. The summed E-state index contributed by atoms with van der Waals surface area (Å²) in [6.45, 7) is 2.20. The minimum atomic E-state index is -1.12. The van der Waals surface area contributed by atoms with E-state index in [9.17, 15) is 14.0 Å². The van der Waals surface area contributed by atoms with Crippen LogP contribution in [0.5, 0.6) is 0 Å². The highest BCUT2D eigenvalue weighted by molar-refractivity contribution is 7.98. The summed E-state index contributed by atoms with van der Waals surface area (Å²) in [5.74, 6) is -0.448. The molecule has 2 aromatic carbocycles. The molecular formula is C26H28FN3O3S. The number of carbonyl (C=O) groups is 2. The van der Waals surface area contributed by atoms with Crippen molar-refractivity contribution in [3.63, 3.8) is 0 Å². The number of esters is 1. The number of hydrogen-bond donors (Lipinski definition) is 1. The molecule has 0 saturated heterocycles. The molecule has 1 aromatic heterocycles. The van der Waals surface area contributed by atoms with Crippen LogP contribution in [0.3, 0.4) is 0 Å². The molecule has 0 spiro atoms. The molecule has 0 aliphatic carbocycles. The zero-order chi connectivity index (χ0) is 24.6. The van der Waals surface area contributed by atoms with Crippen molar-refractivity contribution in [3.8, 4) is 0 Å². The van der Waals surface area contributed by atoms with Gasteiger partial charge in [-0.3, -0.25) is 4.79 Å². The second-order valence-electron chi connectivity index (χ2n) is 8.06. The van der Waals surface area contributed by atoms with Crippen molar-refractivity contribution in [2.24, 2.45) is 0 Å². The third-order valence-electron chi connectivity index (χ3n) is 5.45. The fourth-order valence-corrected chi connectivity index (χ4v) is 4.11. The molecule has 0 radical (unpaired) electrons. The average Bonchev–Trinajstić information content (AvgIpc) is 3.35. The zero-order valence-electron chi connectivity index (χ0n) is 19.5. The van der Waals surface area contributed by atoms with Crippen LogP contribution < -0.4 is 5.32 Å². The molecule has 1 heterocycles. The van der Waals surface area contributed by atoms with E-state index in [1.807, 2.05) is 29.2 Å². The summed E-state index contributed by atoms with van der Waals surface area (Å²) in [4.78, 5) is 29.5. The lowest BCUT2D eigenvalue weighted by molar-refractivity contribution is -0.147. The molecule has 1 unspecified atom stereocenters. The number of methoxy groups -OCH3 is 1. The summed E-state index contributed by atoms with van der Waals surface area (Å²) >= 11 is 1.59. The first-order chi connectivity index (χ1) is 16.3. The number of nitrogens with one attached hydrogen (secondary N) is 1. The smallest absolute Gasteiger partial charge is 0.331 e. The number of amides is 1. The number of nitrogens with zero attached hydrogens (tertiary/aromatic N) is 2.